The van der Waals surface area contributed by atoms with Gasteiger partial charge in [0.1, 0.15) is 6.10 Å². The summed E-state index contributed by atoms with van der Waals surface area (Å²) in [6.07, 6.45) is -3.06. The second kappa shape index (κ2) is 5.90. The number of aromatic nitrogens is 2. The van der Waals surface area contributed by atoms with Crippen LogP contribution in [0.2, 0.25) is 0 Å². The Morgan fingerprint density at radius 1 is 1.43 bits per heavy atom. The van der Waals surface area contributed by atoms with Gasteiger partial charge in [-0.25, -0.2) is 4.79 Å². The molecular weight excluding hydrogens is 278 g/mol. The Morgan fingerprint density at radius 3 is 2.76 bits per heavy atom. The largest absolute Gasteiger partial charge is 0.465 e. The quantitative estimate of drug-likeness (QED) is 0.554. The molecule has 1 heterocycles. The normalized spacial score (nSPS) is 13.9. The summed E-state index contributed by atoms with van der Waals surface area (Å²) in [5.74, 6) is -1.23. The maximum absolute atomic E-state index is 11.4. The molecule has 2 aromatic rings. The molecule has 21 heavy (non-hydrogen) atoms. The lowest BCUT2D eigenvalue weighted by Crippen LogP contribution is -2.26. The number of rotatable bonds is 5. The number of esters is 1. The van der Waals surface area contributed by atoms with Crippen LogP contribution < -0.4 is 5.73 Å². The highest BCUT2D eigenvalue weighted by Crippen LogP contribution is 2.26. The topological polar surface area (TPSA) is 139 Å². The minimum atomic E-state index is -1.34. The van der Waals surface area contributed by atoms with Gasteiger partial charge in [0, 0.05) is 5.39 Å². The smallest absolute Gasteiger partial charge is 0.337 e. The number of amides is 1. The molecule has 112 valence electrons. The summed E-state index contributed by atoms with van der Waals surface area (Å²) in [4.78, 5) is 22.2. The monoisotopic (exact) mass is 293 g/mol. The van der Waals surface area contributed by atoms with E-state index >= 15 is 0 Å². The molecule has 0 saturated carbocycles. The van der Waals surface area contributed by atoms with E-state index in [4.69, 9.17) is 5.73 Å². The second-order valence-electron chi connectivity index (χ2n) is 4.54. The Hall–Kier alpha value is -2.45. The van der Waals surface area contributed by atoms with Gasteiger partial charge in [-0.1, -0.05) is 0 Å². The number of ether oxygens (including phenoxy) is 1. The van der Waals surface area contributed by atoms with Gasteiger partial charge in [-0.3, -0.25) is 9.89 Å². The summed E-state index contributed by atoms with van der Waals surface area (Å²) in [5.41, 5.74) is 5.97. The van der Waals surface area contributed by atoms with Crippen molar-refractivity contribution in [2.75, 3.05) is 7.11 Å². The van der Waals surface area contributed by atoms with Crippen molar-refractivity contribution in [2.45, 2.75) is 18.6 Å². The van der Waals surface area contributed by atoms with Gasteiger partial charge in [-0.15, -0.1) is 0 Å². The molecule has 0 aliphatic carbocycles. The maximum Gasteiger partial charge on any atom is 0.337 e. The van der Waals surface area contributed by atoms with Crippen molar-refractivity contribution in [3.63, 3.8) is 0 Å². The number of H-pyrrole nitrogens is 1. The van der Waals surface area contributed by atoms with Crippen LogP contribution in [0.4, 0.5) is 0 Å². The highest BCUT2D eigenvalue weighted by Gasteiger charge is 2.24. The van der Waals surface area contributed by atoms with E-state index in [-0.39, 0.29) is 12.1 Å². The molecule has 2 rings (SSSR count). The van der Waals surface area contributed by atoms with E-state index in [9.17, 15) is 19.8 Å². The van der Waals surface area contributed by atoms with E-state index in [0.29, 0.717) is 16.5 Å². The predicted molar refractivity (Wildman–Crippen MR) is 72.2 cm³/mol. The average Bonchev–Trinajstić information content (AvgIpc) is 2.87. The number of hydrogen-bond acceptors (Lipinski definition) is 6. The fraction of sp³-hybridized carbons (Fsp3) is 0.308. The molecule has 0 aliphatic heterocycles. The zero-order valence-electron chi connectivity index (χ0n) is 11.2. The number of hydrogen-bond donors (Lipinski definition) is 4. The number of aromatic amines is 1. The third-order valence-corrected chi connectivity index (χ3v) is 3.08. The number of aliphatic hydroxyl groups excluding tert-OH is 2. The van der Waals surface area contributed by atoms with Crippen LogP contribution in [-0.2, 0) is 9.53 Å². The first-order chi connectivity index (χ1) is 9.93. The van der Waals surface area contributed by atoms with Crippen LogP contribution >= 0.6 is 0 Å². The Morgan fingerprint density at radius 2 is 2.14 bits per heavy atom. The lowest BCUT2D eigenvalue weighted by Gasteiger charge is -2.15. The van der Waals surface area contributed by atoms with Crippen LogP contribution in [0.15, 0.2) is 18.2 Å². The van der Waals surface area contributed by atoms with Gasteiger partial charge in [-0.2, -0.15) is 5.10 Å². The van der Waals surface area contributed by atoms with Crippen molar-refractivity contribution in [1.29, 1.82) is 0 Å². The molecule has 1 aromatic carbocycles. The first-order valence-electron chi connectivity index (χ1n) is 6.14. The number of benzene rings is 1. The van der Waals surface area contributed by atoms with Crippen LogP contribution in [0.25, 0.3) is 10.9 Å². The number of carbonyl (C=O) groups excluding carboxylic acids is 2. The van der Waals surface area contributed by atoms with Crippen LogP contribution in [0.3, 0.4) is 0 Å². The zero-order chi connectivity index (χ0) is 15.6. The van der Waals surface area contributed by atoms with E-state index in [1.165, 1.54) is 19.2 Å². The first kappa shape index (κ1) is 14.9. The van der Waals surface area contributed by atoms with E-state index < -0.39 is 24.1 Å². The van der Waals surface area contributed by atoms with Gasteiger partial charge in [0.15, 0.2) is 0 Å². The van der Waals surface area contributed by atoms with Crippen LogP contribution in [0.5, 0.6) is 0 Å². The van der Waals surface area contributed by atoms with Gasteiger partial charge >= 0.3 is 5.97 Å². The van der Waals surface area contributed by atoms with Gasteiger partial charge < -0.3 is 20.7 Å². The minimum absolute atomic E-state index is 0.246. The molecule has 8 nitrogen and oxygen atoms in total. The van der Waals surface area contributed by atoms with E-state index in [2.05, 4.69) is 14.9 Å². The van der Waals surface area contributed by atoms with E-state index in [0.717, 1.165) is 0 Å². The Labute approximate surface area is 119 Å². The summed E-state index contributed by atoms with van der Waals surface area (Å²) >= 11 is 0. The number of nitrogens with one attached hydrogen (secondary N) is 1. The van der Waals surface area contributed by atoms with Crippen molar-refractivity contribution in [1.82, 2.24) is 10.2 Å². The molecule has 2 unspecified atom stereocenters. The summed E-state index contributed by atoms with van der Waals surface area (Å²) in [5, 5.41) is 26.8. The number of fused-ring (bicyclic) bond motifs is 1. The fourth-order valence-electron chi connectivity index (χ4n) is 2.01. The maximum atomic E-state index is 11.4. The molecule has 0 aliphatic rings. The molecule has 0 fully saturated rings. The summed E-state index contributed by atoms with van der Waals surface area (Å²) in [6, 6.07) is 4.58. The molecule has 0 bridgehead atoms. The Bertz CT molecular complexity index is 681. The van der Waals surface area contributed by atoms with Crippen LogP contribution in [-0.4, -0.2) is 45.5 Å². The molecule has 8 heteroatoms. The molecule has 0 saturated heterocycles. The average molecular weight is 293 g/mol. The van der Waals surface area contributed by atoms with Crippen molar-refractivity contribution in [2.24, 2.45) is 5.73 Å². The van der Waals surface area contributed by atoms with Crippen molar-refractivity contribution < 1.29 is 24.5 Å². The van der Waals surface area contributed by atoms with Crippen LogP contribution in [0, 0.1) is 0 Å². The van der Waals surface area contributed by atoms with Crippen molar-refractivity contribution in [3.05, 3.63) is 29.5 Å². The standard InChI is InChI=1S/C13H15N3O5/c1-21-13(20)6-2-3-7-8(4-6)15-16-11(7)12(19)9(17)5-10(14)18/h2-4,9,12,17,19H,5H2,1H3,(H2,14,18)(H,15,16). The molecule has 0 radical (unpaired) electrons. The number of primary amides is 1. The summed E-state index contributed by atoms with van der Waals surface area (Å²) in [6.45, 7) is 0. The lowest BCUT2D eigenvalue weighted by atomic mass is 10.0. The Balaban J connectivity index is 2.34. The highest BCUT2D eigenvalue weighted by molar-refractivity contribution is 5.94. The molecule has 1 aromatic heterocycles. The molecule has 0 spiro atoms. The zero-order valence-corrected chi connectivity index (χ0v) is 11.2. The molecule has 1 amide bonds. The SMILES string of the molecule is COC(=O)c1ccc2c(C(O)C(O)CC(N)=O)[nH]nc2c1. The fourth-order valence-corrected chi connectivity index (χ4v) is 2.01. The van der Waals surface area contributed by atoms with Gasteiger partial charge in [-0.05, 0) is 18.2 Å². The highest BCUT2D eigenvalue weighted by atomic mass is 16.5. The molecule has 5 N–H and O–H groups in total. The molecular formula is C13H15N3O5. The number of aliphatic hydroxyl groups is 2. The van der Waals surface area contributed by atoms with Gasteiger partial charge in [0.25, 0.3) is 0 Å². The number of nitrogens with zero attached hydrogens (tertiary/aromatic N) is 1. The Kier molecular flexibility index (Phi) is 4.20. The third kappa shape index (κ3) is 3.01. The van der Waals surface area contributed by atoms with Gasteiger partial charge in [0.2, 0.25) is 5.91 Å². The first-order valence-corrected chi connectivity index (χ1v) is 6.14. The number of methoxy groups -OCH3 is 1. The lowest BCUT2D eigenvalue weighted by molar-refractivity contribution is -0.121. The van der Waals surface area contributed by atoms with E-state index in [1.807, 2.05) is 0 Å². The number of carbonyl (C=O) groups is 2. The second-order valence-corrected chi connectivity index (χ2v) is 4.54. The van der Waals surface area contributed by atoms with Gasteiger partial charge in [0.05, 0.1) is 36.4 Å². The third-order valence-electron chi connectivity index (χ3n) is 3.08. The van der Waals surface area contributed by atoms with Crippen LogP contribution in [0.1, 0.15) is 28.6 Å². The summed E-state index contributed by atoms with van der Waals surface area (Å²) in [7, 11) is 1.27. The minimum Gasteiger partial charge on any atom is -0.465 e. The van der Waals surface area contributed by atoms with E-state index in [1.54, 1.807) is 6.07 Å². The predicted octanol–water partition coefficient (Wildman–Crippen LogP) is -0.381. The molecule has 2 atom stereocenters. The van der Waals surface area contributed by atoms with Crippen molar-refractivity contribution in [3.8, 4) is 0 Å². The number of nitrogens with two attached hydrogens (primary N) is 1. The van der Waals surface area contributed by atoms with Crippen molar-refractivity contribution >= 4 is 22.8 Å². The summed E-state index contributed by atoms with van der Waals surface area (Å²) < 4.78 is 4.60.